The number of carboxylic acids is 1. The van der Waals surface area contributed by atoms with Crippen LogP contribution in [0.4, 0.5) is 5.69 Å². The van der Waals surface area contributed by atoms with E-state index in [0.29, 0.717) is 8.17 Å². The van der Waals surface area contributed by atoms with Crippen molar-refractivity contribution in [3.05, 3.63) is 50.3 Å². The monoisotopic (exact) mass is 482 g/mol. The molecule has 0 radical (unpaired) electrons. The smallest absolute Gasteiger partial charge is 0.336 e. The summed E-state index contributed by atoms with van der Waals surface area (Å²) in [6, 6.07) is 7.03. The van der Waals surface area contributed by atoms with Crippen LogP contribution < -0.4 is 4.72 Å². The number of aromatic carboxylic acids is 1. The highest BCUT2D eigenvalue weighted by molar-refractivity contribution is 14.1. The number of hydrogen-bond donors (Lipinski definition) is 2. The van der Waals surface area contributed by atoms with E-state index >= 15 is 0 Å². The largest absolute Gasteiger partial charge is 0.478 e. The molecule has 1 aromatic heterocycles. The van der Waals surface area contributed by atoms with Gasteiger partial charge in [-0.25, -0.2) is 18.2 Å². The van der Waals surface area contributed by atoms with Crippen LogP contribution in [-0.4, -0.2) is 24.5 Å². The Bertz CT molecular complexity index is 811. The van der Waals surface area contributed by atoms with Gasteiger partial charge in [0.2, 0.25) is 0 Å². The molecule has 2 rings (SSSR count). The third-order valence-electron chi connectivity index (χ3n) is 2.48. The number of aromatic nitrogens is 1. The van der Waals surface area contributed by atoms with Gasteiger partial charge in [-0.15, -0.1) is 0 Å². The molecule has 1 heterocycles. The van der Waals surface area contributed by atoms with Gasteiger partial charge in [0.15, 0.2) is 0 Å². The van der Waals surface area contributed by atoms with E-state index in [2.05, 4.69) is 25.6 Å². The van der Waals surface area contributed by atoms with Crippen LogP contribution in [-0.2, 0) is 10.0 Å². The summed E-state index contributed by atoms with van der Waals surface area (Å²) in [6.45, 7) is 0. The fraction of sp³-hybridized carbons (Fsp3) is 0. The summed E-state index contributed by atoms with van der Waals surface area (Å²) in [5.74, 6) is -1.18. The standard InChI is InChI=1S/C12H8BrIN2O4S/c13-11-10(2-1-5-15-11)16-21(19,20)7-3-4-9(14)8(6-7)12(17)18/h1-6,16H,(H,17,18). The number of carbonyl (C=O) groups is 1. The lowest BCUT2D eigenvalue weighted by Crippen LogP contribution is -2.14. The van der Waals surface area contributed by atoms with E-state index in [-0.39, 0.29) is 16.1 Å². The Balaban J connectivity index is 2.43. The maximum atomic E-state index is 12.3. The molecular weight excluding hydrogens is 475 g/mol. The van der Waals surface area contributed by atoms with Gasteiger partial charge in [-0.3, -0.25) is 4.72 Å². The molecule has 0 spiro atoms. The number of nitrogens with zero attached hydrogens (tertiary/aromatic N) is 1. The summed E-state index contributed by atoms with van der Waals surface area (Å²) < 4.78 is 27.7. The lowest BCUT2D eigenvalue weighted by Gasteiger charge is -2.10. The number of rotatable bonds is 4. The Morgan fingerprint density at radius 1 is 1.33 bits per heavy atom. The van der Waals surface area contributed by atoms with E-state index in [1.807, 2.05) is 22.6 Å². The Morgan fingerprint density at radius 2 is 2.05 bits per heavy atom. The SMILES string of the molecule is O=C(O)c1cc(S(=O)(=O)Nc2cccnc2Br)ccc1I. The first-order valence-corrected chi connectivity index (χ1v) is 8.83. The number of benzene rings is 1. The normalized spacial score (nSPS) is 11.1. The molecule has 0 atom stereocenters. The van der Waals surface area contributed by atoms with Crippen LogP contribution >= 0.6 is 38.5 Å². The maximum Gasteiger partial charge on any atom is 0.336 e. The molecule has 9 heteroatoms. The van der Waals surface area contributed by atoms with Gasteiger partial charge in [-0.1, -0.05) is 0 Å². The second-order valence-electron chi connectivity index (χ2n) is 3.89. The molecule has 0 aliphatic heterocycles. The first-order valence-electron chi connectivity index (χ1n) is 5.47. The van der Waals surface area contributed by atoms with E-state index in [9.17, 15) is 13.2 Å². The second kappa shape index (κ2) is 6.28. The van der Waals surface area contributed by atoms with Crippen LogP contribution in [0.2, 0.25) is 0 Å². The molecule has 0 fully saturated rings. The Kier molecular flexibility index (Phi) is 4.84. The van der Waals surface area contributed by atoms with Crippen LogP contribution in [0.3, 0.4) is 0 Å². The van der Waals surface area contributed by atoms with Crippen molar-refractivity contribution in [2.24, 2.45) is 0 Å². The molecule has 0 aliphatic rings. The average molecular weight is 483 g/mol. The minimum absolute atomic E-state index is 0.0660. The summed E-state index contributed by atoms with van der Waals surface area (Å²) in [5.41, 5.74) is 0.205. The number of halogens is 2. The quantitative estimate of drug-likeness (QED) is 0.516. The van der Waals surface area contributed by atoms with Crippen LogP contribution in [0, 0.1) is 3.57 Å². The van der Waals surface area contributed by atoms with Crippen LogP contribution in [0.1, 0.15) is 10.4 Å². The predicted molar refractivity (Wildman–Crippen MR) is 88.9 cm³/mol. The number of nitrogens with one attached hydrogen (secondary N) is 1. The van der Waals surface area contributed by atoms with E-state index in [0.717, 1.165) is 6.07 Å². The molecule has 0 saturated carbocycles. The molecule has 2 N–H and O–H groups in total. The predicted octanol–water partition coefficient (Wildman–Crippen LogP) is 2.95. The molecule has 0 bridgehead atoms. The van der Waals surface area contributed by atoms with Crippen molar-refractivity contribution in [2.75, 3.05) is 4.72 Å². The lowest BCUT2D eigenvalue weighted by molar-refractivity contribution is 0.0695. The summed E-state index contributed by atoms with van der Waals surface area (Å²) >= 11 is 4.97. The number of hydrogen-bond acceptors (Lipinski definition) is 4. The highest BCUT2D eigenvalue weighted by Crippen LogP contribution is 2.24. The van der Waals surface area contributed by atoms with E-state index in [1.165, 1.54) is 18.3 Å². The second-order valence-corrected chi connectivity index (χ2v) is 7.49. The minimum atomic E-state index is -3.90. The first-order chi connectivity index (χ1) is 9.81. The average Bonchev–Trinajstić information content (AvgIpc) is 2.41. The van der Waals surface area contributed by atoms with Gasteiger partial charge in [0.25, 0.3) is 10.0 Å². The number of pyridine rings is 1. The Labute approximate surface area is 142 Å². The summed E-state index contributed by atoms with van der Waals surface area (Å²) in [4.78, 5) is 14.9. The van der Waals surface area contributed by atoms with E-state index in [1.54, 1.807) is 12.1 Å². The molecule has 0 amide bonds. The van der Waals surface area contributed by atoms with Crippen molar-refractivity contribution in [3.63, 3.8) is 0 Å². The molecule has 0 aliphatic carbocycles. The van der Waals surface area contributed by atoms with Gasteiger partial charge in [0, 0.05) is 9.77 Å². The highest BCUT2D eigenvalue weighted by Gasteiger charge is 2.19. The van der Waals surface area contributed by atoms with Gasteiger partial charge >= 0.3 is 5.97 Å². The molecule has 2 aromatic rings. The molecule has 0 saturated heterocycles. The third-order valence-corrected chi connectivity index (χ3v) is 5.42. The highest BCUT2D eigenvalue weighted by atomic mass is 127. The van der Waals surface area contributed by atoms with Crippen LogP contribution in [0.5, 0.6) is 0 Å². The van der Waals surface area contributed by atoms with Gasteiger partial charge in [0.1, 0.15) is 4.60 Å². The van der Waals surface area contributed by atoms with Crippen molar-refractivity contribution < 1.29 is 18.3 Å². The van der Waals surface area contributed by atoms with Crippen molar-refractivity contribution in [3.8, 4) is 0 Å². The molecule has 1 aromatic carbocycles. The Morgan fingerprint density at radius 3 is 2.67 bits per heavy atom. The van der Waals surface area contributed by atoms with Crippen LogP contribution in [0.15, 0.2) is 46.0 Å². The molecule has 110 valence electrons. The van der Waals surface area contributed by atoms with Gasteiger partial charge in [-0.2, -0.15) is 0 Å². The first kappa shape index (κ1) is 16.2. The van der Waals surface area contributed by atoms with Gasteiger partial charge in [-0.05, 0) is 68.9 Å². The zero-order valence-electron chi connectivity index (χ0n) is 10.2. The molecular formula is C12H8BrIN2O4S. The summed E-state index contributed by atoms with van der Waals surface area (Å²) in [5, 5.41) is 9.05. The minimum Gasteiger partial charge on any atom is -0.478 e. The number of carboxylic acid groups (broad SMARTS) is 1. The number of sulfonamides is 1. The molecule has 0 unspecified atom stereocenters. The van der Waals surface area contributed by atoms with E-state index < -0.39 is 16.0 Å². The van der Waals surface area contributed by atoms with Gasteiger partial charge < -0.3 is 5.11 Å². The third kappa shape index (κ3) is 3.71. The van der Waals surface area contributed by atoms with Crippen molar-refractivity contribution >= 4 is 60.2 Å². The maximum absolute atomic E-state index is 12.3. The fourth-order valence-corrected chi connectivity index (χ4v) is 3.64. The van der Waals surface area contributed by atoms with Crippen molar-refractivity contribution in [2.45, 2.75) is 4.90 Å². The Hall–Kier alpha value is -1.20. The molecule has 6 nitrogen and oxygen atoms in total. The zero-order chi connectivity index (χ0) is 15.6. The van der Waals surface area contributed by atoms with Crippen molar-refractivity contribution in [1.29, 1.82) is 0 Å². The number of anilines is 1. The fourth-order valence-electron chi connectivity index (χ4n) is 1.50. The van der Waals surface area contributed by atoms with Crippen molar-refractivity contribution in [1.82, 2.24) is 4.98 Å². The zero-order valence-corrected chi connectivity index (χ0v) is 14.8. The topological polar surface area (TPSA) is 96.4 Å². The van der Waals surface area contributed by atoms with E-state index in [4.69, 9.17) is 5.11 Å². The summed E-state index contributed by atoms with van der Waals surface area (Å²) in [6.07, 6.45) is 1.51. The summed E-state index contributed by atoms with van der Waals surface area (Å²) in [7, 11) is -3.90. The lowest BCUT2D eigenvalue weighted by atomic mass is 10.2. The van der Waals surface area contributed by atoms with Gasteiger partial charge in [0.05, 0.1) is 16.1 Å². The van der Waals surface area contributed by atoms with Crippen LogP contribution in [0.25, 0.3) is 0 Å². The molecule has 21 heavy (non-hydrogen) atoms.